The molecule has 0 bridgehead atoms. The van der Waals surface area contributed by atoms with Gasteiger partial charge in [-0.05, 0) is 29.4 Å². The molecule has 1 aromatic rings. The average molecular weight is 241 g/mol. The van der Waals surface area contributed by atoms with Crippen molar-refractivity contribution in [2.75, 3.05) is 0 Å². The highest BCUT2D eigenvalue weighted by atomic mass is 32.2. The summed E-state index contributed by atoms with van der Waals surface area (Å²) in [4.78, 5) is 5.35. The van der Waals surface area contributed by atoms with Crippen LogP contribution in [0, 0.1) is 12.8 Å². The van der Waals surface area contributed by atoms with Crippen molar-refractivity contribution in [3.8, 4) is 0 Å². The topological polar surface area (TPSA) is 49.7 Å². The minimum absolute atomic E-state index is 0.167. The van der Waals surface area contributed by atoms with Crippen LogP contribution in [-0.4, -0.2) is 19.1 Å². The Morgan fingerprint density at radius 1 is 1.25 bits per heavy atom. The summed E-state index contributed by atoms with van der Waals surface area (Å²) < 4.78 is 25.1. The molecule has 1 heterocycles. The van der Waals surface area contributed by atoms with Crippen LogP contribution < -0.4 is 0 Å². The van der Waals surface area contributed by atoms with Gasteiger partial charge in [-0.2, -0.15) is 0 Å². The number of aryl methyl sites for hydroxylation is 1. The lowest BCUT2D eigenvalue weighted by atomic mass is 10.2. The second-order valence-electron chi connectivity index (χ2n) is 4.31. The van der Waals surface area contributed by atoms with Gasteiger partial charge in [-0.15, -0.1) is 0 Å². The van der Waals surface area contributed by atoms with Crippen molar-refractivity contribution in [2.45, 2.75) is 31.9 Å². The predicted octanol–water partition coefficient (Wildman–Crippen LogP) is 1.91. The van der Waals surface area contributed by atoms with Crippen LogP contribution in [0.25, 0.3) is 0 Å². The lowest BCUT2D eigenvalue weighted by molar-refractivity contribution is 0.272. The third-order valence-electron chi connectivity index (χ3n) is 2.50. The molecule has 2 rings (SSSR count). The molecule has 1 aliphatic heterocycles. The monoisotopic (exact) mass is 241 g/mol. The summed E-state index contributed by atoms with van der Waals surface area (Å²) >= 11 is 0. The third-order valence-corrected chi connectivity index (χ3v) is 4.14. The molecule has 1 aromatic carbocycles. The Morgan fingerprint density at radius 2 is 1.81 bits per heavy atom. The molecule has 0 aliphatic carbocycles. The van der Waals surface area contributed by atoms with Crippen molar-refractivity contribution in [1.29, 1.82) is 0 Å². The fraction of sp³-hybridized carbons (Fsp3) is 0.455. The molecule has 1 fully saturated rings. The van der Waals surface area contributed by atoms with Gasteiger partial charge in [0.15, 0.2) is 6.23 Å². The first-order valence-electron chi connectivity index (χ1n) is 5.21. The third kappa shape index (κ3) is 1.98. The molecule has 0 spiro atoms. The fourth-order valence-corrected chi connectivity index (χ4v) is 2.86. The Labute approximate surface area is 95.8 Å². The fourth-order valence-electron chi connectivity index (χ4n) is 1.45. The molecule has 1 saturated heterocycles. The number of rotatable bonds is 3. The Bertz CT molecular complexity index is 478. The van der Waals surface area contributed by atoms with Crippen molar-refractivity contribution < 1.29 is 13.3 Å². The number of sulfonamides is 1. The summed E-state index contributed by atoms with van der Waals surface area (Å²) in [6, 6.07) is 6.76. The van der Waals surface area contributed by atoms with Gasteiger partial charge in [0.2, 0.25) is 0 Å². The average Bonchev–Trinajstić information content (AvgIpc) is 2.98. The van der Waals surface area contributed by atoms with Crippen molar-refractivity contribution in [3.63, 3.8) is 0 Å². The molecule has 1 unspecified atom stereocenters. The van der Waals surface area contributed by atoms with E-state index in [1.807, 2.05) is 20.8 Å². The quantitative estimate of drug-likeness (QED) is 0.760. The normalized spacial score (nSPS) is 24.8. The van der Waals surface area contributed by atoms with Gasteiger partial charge >= 0.3 is 0 Å². The molecule has 0 saturated carbocycles. The zero-order valence-corrected chi connectivity index (χ0v) is 10.4. The van der Waals surface area contributed by atoms with E-state index in [0.717, 1.165) is 10.0 Å². The number of hydroxylamine groups is 1. The molecular formula is C11H15NO3S. The number of nitrogens with zero attached hydrogens (tertiary/aromatic N) is 1. The summed E-state index contributed by atoms with van der Waals surface area (Å²) in [7, 11) is -3.47. The minimum atomic E-state index is -3.47. The Balaban J connectivity index is 2.24. The summed E-state index contributed by atoms with van der Waals surface area (Å²) in [5, 5.41) is 0. The van der Waals surface area contributed by atoms with E-state index in [1.165, 1.54) is 0 Å². The van der Waals surface area contributed by atoms with Gasteiger partial charge < -0.3 is 0 Å². The second kappa shape index (κ2) is 3.84. The number of hydrogen-bond acceptors (Lipinski definition) is 3. The maximum Gasteiger partial charge on any atom is 0.267 e. The van der Waals surface area contributed by atoms with Gasteiger partial charge in [0.1, 0.15) is 0 Å². The van der Waals surface area contributed by atoms with E-state index in [-0.39, 0.29) is 17.0 Å². The second-order valence-corrected chi connectivity index (χ2v) is 6.09. The van der Waals surface area contributed by atoms with Crippen LogP contribution in [0.1, 0.15) is 19.4 Å². The molecule has 5 heteroatoms. The molecule has 16 heavy (non-hydrogen) atoms. The molecular weight excluding hydrogens is 226 g/mol. The van der Waals surface area contributed by atoms with Gasteiger partial charge in [0, 0.05) is 0 Å². The first-order valence-corrected chi connectivity index (χ1v) is 6.65. The van der Waals surface area contributed by atoms with Crippen LogP contribution in [0.15, 0.2) is 29.2 Å². The highest BCUT2D eigenvalue weighted by Crippen LogP contribution is 2.34. The van der Waals surface area contributed by atoms with E-state index in [4.69, 9.17) is 4.84 Å². The van der Waals surface area contributed by atoms with Crippen LogP contribution in [0.4, 0.5) is 0 Å². The van der Waals surface area contributed by atoms with Gasteiger partial charge in [0.25, 0.3) is 10.0 Å². The van der Waals surface area contributed by atoms with Crippen molar-refractivity contribution >= 4 is 10.0 Å². The molecule has 4 nitrogen and oxygen atoms in total. The Kier molecular flexibility index (Phi) is 2.77. The zero-order valence-electron chi connectivity index (χ0n) is 9.54. The molecule has 0 radical (unpaired) electrons. The van der Waals surface area contributed by atoms with Gasteiger partial charge in [-0.25, -0.2) is 8.42 Å². The summed E-state index contributed by atoms with van der Waals surface area (Å²) in [6.45, 7) is 5.77. The van der Waals surface area contributed by atoms with Crippen molar-refractivity contribution in [2.24, 2.45) is 5.92 Å². The standard InChI is InChI=1S/C11H15NO3S/c1-8(2)11-12(15-11)16(13,14)10-6-4-9(3)5-7-10/h4-8,11H,1-3H3/t11-,12?/m0/s1. The van der Waals surface area contributed by atoms with E-state index < -0.39 is 10.0 Å². The largest absolute Gasteiger partial charge is 0.267 e. The molecule has 1 aliphatic rings. The SMILES string of the molecule is Cc1ccc(S(=O)(=O)N2O[C@H]2C(C)C)cc1. The van der Waals surface area contributed by atoms with E-state index in [2.05, 4.69) is 0 Å². The predicted molar refractivity (Wildman–Crippen MR) is 59.9 cm³/mol. The molecule has 0 aromatic heterocycles. The van der Waals surface area contributed by atoms with E-state index in [9.17, 15) is 8.42 Å². The van der Waals surface area contributed by atoms with E-state index >= 15 is 0 Å². The number of hydrogen-bond donors (Lipinski definition) is 0. The van der Waals surface area contributed by atoms with Crippen LogP contribution in [0.3, 0.4) is 0 Å². The lowest BCUT2D eigenvalue weighted by Crippen LogP contribution is -2.16. The minimum Gasteiger partial charge on any atom is -0.259 e. The maximum absolute atomic E-state index is 12.0. The van der Waals surface area contributed by atoms with E-state index in [1.54, 1.807) is 24.3 Å². The highest BCUT2D eigenvalue weighted by Gasteiger charge is 2.49. The molecule has 88 valence electrons. The van der Waals surface area contributed by atoms with Gasteiger partial charge in [0.05, 0.1) is 4.90 Å². The first-order chi connectivity index (χ1) is 7.43. The van der Waals surface area contributed by atoms with Gasteiger partial charge in [-0.3, -0.25) is 4.84 Å². The highest BCUT2D eigenvalue weighted by molar-refractivity contribution is 7.89. The molecule has 0 N–H and O–H groups in total. The van der Waals surface area contributed by atoms with Crippen LogP contribution in [0.2, 0.25) is 0 Å². The van der Waals surface area contributed by atoms with Crippen molar-refractivity contribution in [3.05, 3.63) is 29.8 Å². The summed E-state index contributed by atoms with van der Waals surface area (Å²) in [5.74, 6) is 0.167. The Hall–Kier alpha value is -0.910. The van der Waals surface area contributed by atoms with Crippen LogP contribution in [-0.2, 0) is 14.9 Å². The lowest BCUT2D eigenvalue weighted by Gasteiger charge is -2.03. The van der Waals surface area contributed by atoms with Gasteiger partial charge in [-0.1, -0.05) is 31.5 Å². The van der Waals surface area contributed by atoms with E-state index in [0.29, 0.717) is 0 Å². The summed E-state index contributed by atoms with van der Waals surface area (Å²) in [6.07, 6.45) is -0.314. The number of benzene rings is 1. The summed E-state index contributed by atoms with van der Waals surface area (Å²) in [5.41, 5.74) is 1.03. The van der Waals surface area contributed by atoms with Crippen LogP contribution in [0.5, 0.6) is 0 Å². The molecule has 2 atom stereocenters. The van der Waals surface area contributed by atoms with Crippen LogP contribution >= 0.6 is 0 Å². The zero-order chi connectivity index (χ0) is 11.9. The van der Waals surface area contributed by atoms with Crippen molar-refractivity contribution in [1.82, 2.24) is 4.47 Å². The molecule has 0 amide bonds. The first kappa shape index (κ1) is 11.6. The smallest absolute Gasteiger partial charge is 0.259 e. The maximum atomic E-state index is 12.0. The Morgan fingerprint density at radius 3 is 2.25 bits per heavy atom.